The molecule has 0 radical (unpaired) electrons. The fourth-order valence-electron chi connectivity index (χ4n) is 1.76. The lowest BCUT2D eigenvalue weighted by Crippen LogP contribution is -2.31. The Hall–Kier alpha value is -2.30. The Morgan fingerprint density at radius 1 is 1.31 bits per heavy atom. The Labute approximate surface area is 93.0 Å². The number of rotatable bonds is 1. The summed E-state index contributed by atoms with van der Waals surface area (Å²) in [4.78, 5) is 6.28. The molecular formula is C11H11N5. The van der Waals surface area contributed by atoms with Gasteiger partial charge in [-0.25, -0.2) is 0 Å². The molecule has 1 atom stereocenters. The van der Waals surface area contributed by atoms with Gasteiger partial charge in [0.05, 0.1) is 5.69 Å². The normalized spacial score (nSPS) is 22.2. The maximum Gasteiger partial charge on any atom is 0.163 e. The second-order valence-corrected chi connectivity index (χ2v) is 3.63. The molecule has 0 spiro atoms. The number of allylic oxidation sites excluding steroid dienone is 1. The summed E-state index contributed by atoms with van der Waals surface area (Å²) in [5, 5.41) is 4.22. The number of hydrogen-bond donors (Lipinski definition) is 2. The third-order valence-corrected chi connectivity index (χ3v) is 2.53. The second kappa shape index (κ2) is 3.37. The fourth-order valence-corrected chi connectivity index (χ4v) is 1.76. The molecule has 0 aliphatic carbocycles. The van der Waals surface area contributed by atoms with Gasteiger partial charge >= 0.3 is 0 Å². The van der Waals surface area contributed by atoms with Crippen molar-refractivity contribution in [2.45, 2.75) is 6.17 Å². The van der Waals surface area contributed by atoms with Crippen LogP contribution in [0.5, 0.6) is 0 Å². The van der Waals surface area contributed by atoms with Gasteiger partial charge in [-0.3, -0.25) is 10.4 Å². The van der Waals surface area contributed by atoms with E-state index >= 15 is 0 Å². The van der Waals surface area contributed by atoms with Gasteiger partial charge in [0.1, 0.15) is 0 Å². The summed E-state index contributed by atoms with van der Waals surface area (Å²) in [7, 11) is 0. The van der Waals surface area contributed by atoms with Crippen LogP contribution >= 0.6 is 0 Å². The Kier molecular flexibility index (Phi) is 1.89. The molecule has 0 aromatic carbocycles. The first kappa shape index (κ1) is 8.96. The van der Waals surface area contributed by atoms with Crippen molar-refractivity contribution in [2.24, 2.45) is 10.8 Å². The van der Waals surface area contributed by atoms with E-state index in [-0.39, 0.29) is 6.17 Å². The van der Waals surface area contributed by atoms with Crippen molar-refractivity contribution in [2.75, 3.05) is 0 Å². The Bertz CT molecular complexity index is 488. The molecule has 0 fully saturated rings. The summed E-state index contributed by atoms with van der Waals surface area (Å²) in [6.45, 7) is 0. The lowest BCUT2D eigenvalue weighted by molar-refractivity contribution is 0.380. The molecule has 80 valence electrons. The van der Waals surface area contributed by atoms with Crippen LogP contribution in [0.1, 0.15) is 11.9 Å². The first-order valence-corrected chi connectivity index (χ1v) is 5.02. The van der Waals surface area contributed by atoms with E-state index in [0.717, 1.165) is 11.5 Å². The summed E-state index contributed by atoms with van der Waals surface area (Å²) in [6.07, 6.45) is 7.27. The lowest BCUT2D eigenvalue weighted by atomic mass is 10.2. The highest BCUT2D eigenvalue weighted by Gasteiger charge is 2.28. The third kappa shape index (κ3) is 1.33. The zero-order chi connectivity index (χ0) is 11.0. The van der Waals surface area contributed by atoms with Crippen LogP contribution in [0.25, 0.3) is 0 Å². The van der Waals surface area contributed by atoms with Crippen molar-refractivity contribution in [1.82, 2.24) is 15.3 Å². The van der Waals surface area contributed by atoms with Crippen LogP contribution in [0, 0.1) is 0 Å². The molecule has 5 heteroatoms. The second-order valence-electron chi connectivity index (χ2n) is 3.63. The van der Waals surface area contributed by atoms with Gasteiger partial charge in [-0.15, -0.1) is 0 Å². The molecule has 1 aromatic rings. The minimum atomic E-state index is -0.0697. The van der Waals surface area contributed by atoms with Crippen LogP contribution in [0.4, 0.5) is 0 Å². The summed E-state index contributed by atoms with van der Waals surface area (Å²) < 4.78 is 0. The smallest absolute Gasteiger partial charge is 0.163 e. The highest BCUT2D eigenvalue weighted by atomic mass is 15.5. The molecule has 3 rings (SSSR count). The monoisotopic (exact) mass is 213 g/mol. The van der Waals surface area contributed by atoms with Crippen LogP contribution in [0.15, 0.2) is 53.5 Å². The van der Waals surface area contributed by atoms with Gasteiger partial charge in [0.2, 0.25) is 0 Å². The Morgan fingerprint density at radius 2 is 2.25 bits per heavy atom. The molecule has 0 saturated heterocycles. The molecule has 0 bridgehead atoms. The molecule has 2 aliphatic heterocycles. The van der Waals surface area contributed by atoms with Crippen LogP contribution in [0.2, 0.25) is 0 Å². The molecule has 1 aromatic heterocycles. The summed E-state index contributed by atoms with van der Waals surface area (Å²) in [6, 6.07) is 5.80. The highest BCUT2D eigenvalue weighted by molar-refractivity contribution is 5.96. The lowest BCUT2D eigenvalue weighted by Gasteiger charge is -2.24. The fraction of sp³-hybridized carbons (Fsp3) is 0.0909. The van der Waals surface area contributed by atoms with Crippen molar-refractivity contribution in [1.29, 1.82) is 0 Å². The molecule has 3 heterocycles. The summed E-state index contributed by atoms with van der Waals surface area (Å²) >= 11 is 0. The number of fused-ring (bicyclic) bond motifs is 1. The molecule has 0 amide bonds. The van der Waals surface area contributed by atoms with Gasteiger partial charge in [0.15, 0.2) is 12.0 Å². The van der Waals surface area contributed by atoms with E-state index in [1.54, 1.807) is 6.20 Å². The minimum absolute atomic E-state index is 0.0697. The average Bonchev–Trinajstić information content (AvgIpc) is 2.73. The molecule has 5 nitrogen and oxygen atoms in total. The largest absolute Gasteiger partial charge is 0.398 e. The zero-order valence-corrected chi connectivity index (χ0v) is 8.54. The number of nitrogens with zero attached hydrogens (tertiary/aromatic N) is 3. The number of nitrogens with one attached hydrogen (secondary N) is 1. The van der Waals surface area contributed by atoms with Gasteiger partial charge < -0.3 is 10.6 Å². The number of aromatic nitrogens is 1. The van der Waals surface area contributed by atoms with Crippen LogP contribution in [-0.2, 0) is 0 Å². The Balaban J connectivity index is 1.94. The molecule has 0 saturated carbocycles. The van der Waals surface area contributed by atoms with Gasteiger partial charge in [-0.2, -0.15) is 5.10 Å². The van der Waals surface area contributed by atoms with E-state index in [4.69, 9.17) is 5.73 Å². The zero-order valence-electron chi connectivity index (χ0n) is 8.54. The summed E-state index contributed by atoms with van der Waals surface area (Å²) in [5.74, 6) is 0.852. The van der Waals surface area contributed by atoms with E-state index in [1.807, 2.05) is 41.5 Å². The predicted molar refractivity (Wildman–Crippen MR) is 60.8 cm³/mol. The van der Waals surface area contributed by atoms with Crippen molar-refractivity contribution in [3.8, 4) is 0 Å². The van der Waals surface area contributed by atoms with Crippen LogP contribution in [-0.4, -0.2) is 15.7 Å². The van der Waals surface area contributed by atoms with Crippen molar-refractivity contribution in [3.63, 3.8) is 0 Å². The number of amidine groups is 1. The number of hydrogen-bond acceptors (Lipinski definition) is 5. The molecule has 3 N–H and O–H groups in total. The Morgan fingerprint density at radius 3 is 3.06 bits per heavy atom. The first-order chi connectivity index (χ1) is 7.84. The SMILES string of the molecule is NC1=CN2C(=NNC2c2ccccn2)C=C1. The maximum absolute atomic E-state index is 5.76. The number of hydrazone groups is 1. The van der Waals surface area contributed by atoms with Crippen molar-refractivity contribution in [3.05, 3.63) is 54.1 Å². The van der Waals surface area contributed by atoms with Gasteiger partial charge in [0, 0.05) is 18.1 Å². The van der Waals surface area contributed by atoms with E-state index < -0.39 is 0 Å². The van der Waals surface area contributed by atoms with E-state index in [2.05, 4.69) is 15.5 Å². The van der Waals surface area contributed by atoms with E-state index in [9.17, 15) is 0 Å². The quantitative estimate of drug-likeness (QED) is 0.719. The van der Waals surface area contributed by atoms with Gasteiger partial charge in [-0.1, -0.05) is 6.07 Å². The number of nitrogens with two attached hydrogens (primary N) is 1. The maximum atomic E-state index is 5.76. The first-order valence-electron chi connectivity index (χ1n) is 5.02. The van der Waals surface area contributed by atoms with Crippen molar-refractivity contribution >= 4 is 5.84 Å². The van der Waals surface area contributed by atoms with Gasteiger partial charge in [0.25, 0.3) is 0 Å². The minimum Gasteiger partial charge on any atom is -0.398 e. The molecule has 2 aliphatic rings. The number of pyridine rings is 1. The predicted octanol–water partition coefficient (Wildman–Crippen LogP) is 0.669. The van der Waals surface area contributed by atoms with Crippen LogP contribution in [0.3, 0.4) is 0 Å². The van der Waals surface area contributed by atoms with E-state index in [0.29, 0.717) is 5.70 Å². The highest BCUT2D eigenvalue weighted by Crippen LogP contribution is 2.24. The molecule has 1 unspecified atom stereocenters. The van der Waals surface area contributed by atoms with Gasteiger partial charge in [-0.05, 0) is 24.3 Å². The summed E-state index contributed by atoms with van der Waals surface area (Å²) in [5.41, 5.74) is 10.4. The molecular weight excluding hydrogens is 202 g/mol. The van der Waals surface area contributed by atoms with E-state index in [1.165, 1.54) is 0 Å². The average molecular weight is 213 g/mol. The van der Waals surface area contributed by atoms with Crippen LogP contribution < -0.4 is 11.2 Å². The van der Waals surface area contributed by atoms with Crippen molar-refractivity contribution < 1.29 is 0 Å². The standard InChI is InChI=1S/C11H11N5/c12-8-4-5-10-14-15-11(16(10)7-8)9-3-1-2-6-13-9/h1-7,11,15H,12H2. The third-order valence-electron chi connectivity index (χ3n) is 2.53. The molecule has 16 heavy (non-hydrogen) atoms. The topological polar surface area (TPSA) is 66.5 Å².